The normalized spacial score (nSPS) is 11.8. The second-order valence-corrected chi connectivity index (χ2v) is 5.29. The fourth-order valence-corrected chi connectivity index (χ4v) is 1.40. The van der Waals surface area contributed by atoms with Gasteiger partial charge >= 0.3 is 12.0 Å². The number of carbonyl (C=O) groups excluding carboxylic acids is 2. The summed E-state index contributed by atoms with van der Waals surface area (Å²) in [5, 5.41) is 16.4. The molecule has 0 spiro atoms. The molecule has 0 aliphatic rings. The van der Waals surface area contributed by atoms with Crippen LogP contribution in [0.2, 0.25) is 0 Å². The molecule has 4 N–H and O–H groups in total. The third-order valence-corrected chi connectivity index (χ3v) is 2.48. The van der Waals surface area contributed by atoms with Gasteiger partial charge in [0.15, 0.2) is 0 Å². The minimum atomic E-state index is -0.887. The number of rotatable bonds is 9. The molecule has 1 atom stereocenters. The lowest BCUT2D eigenvalue weighted by Gasteiger charge is -2.11. The average Bonchev–Trinajstić information content (AvgIpc) is 2.33. The van der Waals surface area contributed by atoms with E-state index in [0.717, 1.165) is 0 Å². The molecule has 0 aliphatic carbocycles. The van der Waals surface area contributed by atoms with Gasteiger partial charge in [0.1, 0.15) is 0 Å². The third kappa shape index (κ3) is 11.3. The van der Waals surface area contributed by atoms with Gasteiger partial charge in [-0.2, -0.15) is 0 Å². The van der Waals surface area contributed by atoms with Crippen LogP contribution in [0.15, 0.2) is 0 Å². The fourth-order valence-electron chi connectivity index (χ4n) is 1.40. The second kappa shape index (κ2) is 10.1. The van der Waals surface area contributed by atoms with Crippen LogP contribution < -0.4 is 16.0 Å². The lowest BCUT2D eigenvalue weighted by atomic mass is 10.1. The van der Waals surface area contributed by atoms with Crippen molar-refractivity contribution in [3.05, 3.63) is 0 Å². The van der Waals surface area contributed by atoms with Crippen LogP contribution in [0, 0.1) is 11.8 Å². The van der Waals surface area contributed by atoms with Crippen LogP contribution in [-0.2, 0) is 9.59 Å². The van der Waals surface area contributed by atoms with E-state index in [4.69, 9.17) is 5.11 Å². The van der Waals surface area contributed by atoms with Crippen molar-refractivity contribution in [2.24, 2.45) is 11.8 Å². The zero-order valence-corrected chi connectivity index (χ0v) is 12.4. The molecule has 0 radical (unpaired) electrons. The number of carbonyl (C=O) groups is 3. The summed E-state index contributed by atoms with van der Waals surface area (Å²) in [6, 6.07) is -0.390. The van der Waals surface area contributed by atoms with Gasteiger partial charge in [0.25, 0.3) is 0 Å². The summed E-state index contributed by atoms with van der Waals surface area (Å²) in [7, 11) is 0. The standard InChI is InChI=1S/C13H25N3O4/c1-9(2)7-15-11(17)4-5-14-13(20)16-8-10(3)6-12(18)19/h9-10H,4-8H2,1-3H3,(H,15,17)(H,18,19)(H2,14,16,20). The van der Waals surface area contributed by atoms with Gasteiger partial charge < -0.3 is 21.1 Å². The Bertz CT molecular complexity index is 332. The highest BCUT2D eigenvalue weighted by Gasteiger charge is 2.09. The lowest BCUT2D eigenvalue weighted by molar-refractivity contribution is -0.137. The Morgan fingerprint density at radius 3 is 2.20 bits per heavy atom. The Labute approximate surface area is 119 Å². The summed E-state index contributed by atoms with van der Waals surface area (Å²) in [6.45, 7) is 6.92. The van der Waals surface area contributed by atoms with Crippen LogP contribution in [-0.4, -0.2) is 42.6 Å². The predicted molar refractivity (Wildman–Crippen MR) is 75.3 cm³/mol. The van der Waals surface area contributed by atoms with Crippen LogP contribution in [0.4, 0.5) is 4.79 Å². The number of hydrogen-bond donors (Lipinski definition) is 4. The van der Waals surface area contributed by atoms with E-state index in [0.29, 0.717) is 12.5 Å². The summed E-state index contributed by atoms with van der Waals surface area (Å²) < 4.78 is 0. The second-order valence-electron chi connectivity index (χ2n) is 5.29. The minimum Gasteiger partial charge on any atom is -0.481 e. The average molecular weight is 287 g/mol. The highest BCUT2D eigenvalue weighted by atomic mass is 16.4. The van der Waals surface area contributed by atoms with Gasteiger partial charge in [-0.1, -0.05) is 20.8 Å². The largest absolute Gasteiger partial charge is 0.481 e. The van der Waals surface area contributed by atoms with Crippen LogP contribution in [0.3, 0.4) is 0 Å². The molecule has 0 saturated carbocycles. The summed E-state index contributed by atoms with van der Waals surface area (Å²) >= 11 is 0. The monoisotopic (exact) mass is 287 g/mol. The first kappa shape index (κ1) is 18.2. The van der Waals surface area contributed by atoms with Crippen molar-refractivity contribution < 1.29 is 19.5 Å². The maximum atomic E-state index is 11.4. The molecule has 7 nitrogen and oxygen atoms in total. The number of carboxylic acids is 1. The van der Waals surface area contributed by atoms with Crippen molar-refractivity contribution in [2.45, 2.75) is 33.6 Å². The number of urea groups is 1. The Kier molecular flexibility index (Phi) is 9.15. The van der Waals surface area contributed by atoms with Gasteiger partial charge in [-0.05, 0) is 11.8 Å². The molecular weight excluding hydrogens is 262 g/mol. The van der Waals surface area contributed by atoms with Crippen molar-refractivity contribution in [3.63, 3.8) is 0 Å². The Morgan fingerprint density at radius 1 is 1.00 bits per heavy atom. The molecule has 3 amide bonds. The molecule has 0 rings (SSSR count). The van der Waals surface area contributed by atoms with E-state index in [2.05, 4.69) is 16.0 Å². The topological polar surface area (TPSA) is 108 Å². The van der Waals surface area contributed by atoms with E-state index < -0.39 is 5.97 Å². The maximum absolute atomic E-state index is 11.4. The van der Waals surface area contributed by atoms with Gasteiger partial charge in [0.2, 0.25) is 5.91 Å². The number of amides is 3. The number of nitrogens with one attached hydrogen (secondary N) is 3. The van der Waals surface area contributed by atoms with Crippen molar-refractivity contribution in [2.75, 3.05) is 19.6 Å². The van der Waals surface area contributed by atoms with Crippen molar-refractivity contribution >= 4 is 17.9 Å². The lowest BCUT2D eigenvalue weighted by Crippen LogP contribution is -2.40. The van der Waals surface area contributed by atoms with Crippen molar-refractivity contribution in [1.29, 1.82) is 0 Å². The van der Waals surface area contributed by atoms with Crippen LogP contribution in [0.5, 0.6) is 0 Å². The number of hydrogen-bond acceptors (Lipinski definition) is 3. The molecule has 0 aliphatic heterocycles. The van der Waals surface area contributed by atoms with Crippen LogP contribution in [0.25, 0.3) is 0 Å². The molecule has 116 valence electrons. The summed E-state index contributed by atoms with van der Waals surface area (Å²) in [5.74, 6) is -0.724. The zero-order chi connectivity index (χ0) is 15.5. The molecule has 0 heterocycles. The molecule has 0 bridgehead atoms. The van der Waals surface area contributed by atoms with Crippen molar-refractivity contribution in [3.8, 4) is 0 Å². The molecule has 0 aromatic heterocycles. The number of carboxylic acid groups (broad SMARTS) is 1. The van der Waals surface area contributed by atoms with Gasteiger partial charge in [-0.25, -0.2) is 4.79 Å². The highest BCUT2D eigenvalue weighted by Crippen LogP contribution is 1.98. The molecule has 1 unspecified atom stereocenters. The van der Waals surface area contributed by atoms with E-state index in [1.807, 2.05) is 13.8 Å². The smallest absolute Gasteiger partial charge is 0.314 e. The SMILES string of the molecule is CC(C)CNC(=O)CCNC(=O)NCC(C)CC(=O)O. The zero-order valence-electron chi connectivity index (χ0n) is 12.4. The predicted octanol–water partition coefficient (Wildman–Crippen LogP) is 0.559. The van der Waals surface area contributed by atoms with Gasteiger partial charge in [-0.3, -0.25) is 9.59 Å². The van der Waals surface area contributed by atoms with Crippen molar-refractivity contribution in [1.82, 2.24) is 16.0 Å². The molecule has 0 saturated heterocycles. The van der Waals surface area contributed by atoms with Gasteiger partial charge in [0, 0.05) is 32.5 Å². The molecule has 0 fully saturated rings. The molecular formula is C13H25N3O4. The van der Waals surface area contributed by atoms with Gasteiger partial charge in [0.05, 0.1) is 0 Å². The molecule has 20 heavy (non-hydrogen) atoms. The van der Waals surface area contributed by atoms with E-state index in [9.17, 15) is 14.4 Å². The summed E-state index contributed by atoms with van der Waals surface area (Å²) in [6.07, 6.45) is 0.239. The Morgan fingerprint density at radius 2 is 1.65 bits per heavy atom. The van der Waals surface area contributed by atoms with Crippen LogP contribution in [0.1, 0.15) is 33.6 Å². The Balaban J connectivity index is 3.63. The highest BCUT2D eigenvalue weighted by molar-refractivity contribution is 5.78. The molecule has 0 aromatic rings. The quantitative estimate of drug-likeness (QED) is 0.497. The first-order valence-corrected chi connectivity index (χ1v) is 6.81. The minimum absolute atomic E-state index is 0.0118. The molecule has 0 aromatic carbocycles. The first-order chi connectivity index (χ1) is 9.31. The fraction of sp³-hybridized carbons (Fsp3) is 0.769. The van der Waals surface area contributed by atoms with E-state index in [1.54, 1.807) is 6.92 Å². The third-order valence-electron chi connectivity index (χ3n) is 2.48. The van der Waals surface area contributed by atoms with E-state index >= 15 is 0 Å². The summed E-state index contributed by atoms with van der Waals surface area (Å²) in [5.41, 5.74) is 0. The van der Waals surface area contributed by atoms with Gasteiger partial charge in [-0.15, -0.1) is 0 Å². The van der Waals surface area contributed by atoms with E-state index in [-0.39, 0.29) is 43.8 Å². The first-order valence-electron chi connectivity index (χ1n) is 6.81. The van der Waals surface area contributed by atoms with E-state index in [1.165, 1.54) is 0 Å². The maximum Gasteiger partial charge on any atom is 0.314 e. The summed E-state index contributed by atoms with van der Waals surface area (Å²) in [4.78, 5) is 33.2. The molecule has 7 heteroatoms. The number of aliphatic carboxylic acids is 1. The van der Waals surface area contributed by atoms with Crippen LogP contribution >= 0.6 is 0 Å². The Hall–Kier alpha value is -1.79.